The first-order chi connectivity index (χ1) is 9.88. The molecule has 0 radical (unpaired) electrons. The number of hydrogen-bond acceptors (Lipinski definition) is 5. The van der Waals surface area contributed by atoms with Gasteiger partial charge in [-0.05, 0) is 13.0 Å². The number of ketones is 1. The van der Waals surface area contributed by atoms with E-state index in [1.165, 1.54) is 18.2 Å². The molecular weight excluding hydrogens is 276 g/mol. The normalized spacial score (nSPS) is 10.3. The van der Waals surface area contributed by atoms with E-state index in [4.69, 9.17) is 4.74 Å². The molecule has 21 heavy (non-hydrogen) atoms. The first kappa shape index (κ1) is 16.6. The Morgan fingerprint density at radius 2 is 2.05 bits per heavy atom. The summed E-state index contributed by atoms with van der Waals surface area (Å²) in [5.74, 6) is -0.968. The Balaban J connectivity index is 3.00. The van der Waals surface area contributed by atoms with Crippen LogP contribution >= 0.6 is 0 Å². The van der Waals surface area contributed by atoms with Gasteiger partial charge in [0.05, 0.1) is 23.6 Å². The van der Waals surface area contributed by atoms with Crippen molar-refractivity contribution in [3.05, 3.63) is 33.9 Å². The number of para-hydroxylation sites is 1. The SMILES string of the molecule is CCOc1c(C(=O)NCC(=O)C(C)C)cccc1[N+](=O)[O-]. The lowest BCUT2D eigenvalue weighted by Gasteiger charge is -2.11. The predicted octanol–water partition coefficient (Wildman–Crippen LogP) is 1.95. The van der Waals surface area contributed by atoms with E-state index in [0.717, 1.165) is 0 Å². The summed E-state index contributed by atoms with van der Waals surface area (Å²) in [6.07, 6.45) is 0. The van der Waals surface area contributed by atoms with E-state index >= 15 is 0 Å². The van der Waals surface area contributed by atoms with Crippen LogP contribution in [0.2, 0.25) is 0 Å². The van der Waals surface area contributed by atoms with Crippen LogP contribution in [0.25, 0.3) is 0 Å². The number of nitrogens with zero attached hydrogens (tertiary/aromatic N) is 1. The first-order valence-corrected chi connectivity index (χ1v) is 6.59. The lowest BCUT2D eigenvalue weighted by molar-refractivity contribution is -0.385. The van der Waals surface area contributed by atoms with Crippen molar-refractivity contribution in [3.63, 3.8) is 0 Å². The fourth-order valence-corrected chi connectivity index (χ4v) is 1.61. The summed E-state index contributed by atoms with van der Waals surface area (Å²) in [4.78, 5) is 33.9. The Kier molecular flexibility index (Phi) is 5.83. The summed E-state index contributed by atoms with van der Waals surface area (Å²) in [6, 6.07) is 4.09. The third kappa shape index (κ3) is 4.27. The highest BCUT2D eigenvalue weighted by Gasteiger charge is 2.23. The topological polar surface area (TPSA) is 98.5 Å². The van der Waals surface area contributed by atoms with Crippen LogP contribution in [0.5, 0.6) is 5.75 Å². The van der Waals surface area contributed by atoms with E-state index in [2.05, 4.69) is 5.32 Å². The van der Waals surface area contributed by atoms with Crippen LogP contribution in [0.15, 0.2) is 18.2 Å². The molecule has 0 aliphatic rings. The number of ether oxygens (including phenoxy) is 1. The summed E-state index contributed by atoms with van der Waals surface area (Å²) in [5.41, 5.74) is -0.234. The second kappa shape index (κ2) is 7.37. The molecule has 0 aromatic heterocycles. The number of benzene rings is 1. The number of hydrogen-bond donors (Lipinski definition) is 1. The molecule has 0 aliphatic heterocycles. The Labute approximate surface area is 122 Å². The molecule has 1 amide bonds. The lowest BCUT2D eigenvalue weighted by atomic mass is 10.1. The number of carbonyl (C=O) groups is 2. The fourth-order valence-electron chi connectivity index (χ4n) is 1.61. The summed E-state index contributed by atoms with van der Waals surface area (Å²) < 4.78 is 5.22. The summed E-state index contributed by atoms with van der Waals surface area (Å²) >= 11 is 0. The Hall–Kier alpha value is -2.44. The highest BCUT2D eigenvalue weighted by Crippen LogP contribution is 2.30. The molecule has 1 rings (SSSR count). The summed E-state index contributed by atoms with van der Waals surface area (Å²) in [5, 5.41) is 13.4. The molecule has 0 saturated heterocycles. The van der Waals surface area contributed by atoms with Gasteiger partial charge in [-0.2, -0.15) is 0 Å². The van der Waals surface area contributed by atoms with Crippen LogP contribution in [0.3, 0.4) is 0 Å². The largest absolute Gasteiger partial charge is 0.487 e. The molecular formula is C14H18N2O5. The Bertz CT molecular complexity index is 554. The Morgan fingerprint density at radius 3 is 2.57 bits per heavy atom. The van der Waals surface area contributed by atoms with E-state index in [0.29, 0.717) is 0 Å². The second-order valence-corrected chi connectivity index (χ2v) is 4.65. The van der Waals surface area contributed by atoms with Gasteiger partial charge in [0, 0.05) is 12.0 Å². The van der Waals surface area contributed by atoms with E-state index < -0.39 is 10.8 Å². The summed E-state index contributed by atoms with van der Waals surface area (Å²) in [7, 11) is 0. The van der Waals surface area contributed by atoms with Crippen LogP contribution in [-0.2, 0) is 4.79 Å². The van der Waals surface area contributed by atoms with Gasteiger partial charge in [0.2, 0.25) is 5.75 Å². The van der Waals surface area contributed by atoms with Crippen molar-refractivity contribution >= 4 is 17.4 Å². The smallest absolute Gasteiger partial charge is 0.311 e. The van der Waals surface area contributed by atoms with Crippen molar-refractivity contribution in [2.24, 2.45) is 5.92 Å². The molecule has 0 saturated carbocycles. The molecule has 0 heterocycles. The standard InChI is InChI=1S/C14H18N2O5/c1-4-21-13-10(6-5-7-11(13)16(19)20)14(18)15-8-12(17)9(2)3/h5-7,9H,4,8H2,1-3H3,(H,15,18). The number of nitrogens with one attached hydrogen (secondary N) is 1. The van der Waals surface area contributed by atoms with Gasteiger partial charge >= 0.3 is 5.69 Å². The van der Waals surface area contributed by atoms with Crippen LogP contribution in [0.1, 0.15) is 31.1 Å². The second-order valence-electron chi connectivity index (χ2n) is 4.65. The number of rotatable bonds is 7. The molecule has 7 heteroatoms. The minimum Gasteiger partial charge on any atom is -0.487 e. The van der Waals surface area contributed by atoms with Crippen LogP contribution < -0.4 is 10.1 Å². The van der Waals surface area contributed by atoms with Crippen molar-refractivity contribution in [1.29, 1.82) is 0 Å². The molecule has 0 unspecified atom stereocenters. The maximum Gasteiger partial charge on any atom is 0.311 e. The molecule has 0 aliphatic carbocycles. The van der Waals surface area contributed by atoms with E-state index in [1.807, 2.05) is 0 Å². The molecule has 1 aromatic carbocycles. The third-order valence-corrected chi connectivity index (χ3v) is 2.79. The van der Waals surface area contributed by atoms with Crippen LogP contribution in [0, 0.1) is 16.0 Å². The zero-order chi connectivity index (χ0) is 16.0. The third-order valence-electron chi connectivity index (χ3n) is 2.79. The van der Waals surface area contributed by atoms with E-state index in [1.54, 1.807) is 20.8 Å². The van der Waals surface area contributed by atoms with E-state index in [9.17, 15) is 19.7 Å². The van der Waals surface area contributed by atoms with Crippen LogP contribution in [0.4, 0.5) is 5.69 Å². The number of nitro groups is 1. The number of amides is 1. The molecule has 1 N–H and O–H groups in total. The molecule has 0 spiro atoms. The van der Waals surface area contributed by atoms with Gasteiger partial charge in [0.15, 0.2) is 5.78 Å². The fraction of sp³-hybridized carbons (Fsp3) is 0.429. The highest BCUT2D eigenvalue weighted by atomic mass is 16.6. The zero-order valence-electron chi connectivity index (χ0n) is 12.2. The van der Waals surface area contributed by atoms with E-state index in [-0.39, 0.29) is 41.9 Å². The maximum atomic E-state index is 12.1. The van der Waals surface area contributed by atoms with Crippen molar-refractivity contribution < 1.29 is 19.2 Å². The quantitative estimate of drug-likeness (QED) is 0.612. The molecule has 1 aromatic rings. The minimum atomic E-state index is -0.610. The van der Waals surface area contributed by atoms with Crippen molar-refractivity contribution in [2.75, 3.05) is 13.2 Å². The molecule has 0 fully saturated rings. The minimum absolute atomic E-state index is 0.0441. The predicted molar refractivity (Wildman–Crippen MR) is 76.4 cm³/mol. The van der Waals surface area contributed by atoms with Gasteiger partial charge in [0.25, 0.3) is 5.91 Å². The average Bonchev–Trinajstić information content (AvgIpc) is 2.44. The van der Waals surface area contributed by atoms with Gasteiger partial charge in [0.1, 0.15) is 0 Å². The monoisotopic (exact) mass is 294 g/mol. The average molecular weight is 294 g/mol. The molecule has 114 valence electrons. The zero-order valence-corrected chi connectivity index (χ0v) is 12.2. The van der Waals surface area contributed by atoms with Gasteiger partial charge in [-0.1, -0.05) is 19.9 Å². The van der Waals surface area contributed by atoms with Crippen molar-refractivity contribution in [3.8, 4) is 5.75 Å². The van der Waals surface area contributed by atoms with Crippen molar-refractivity contribution in [2.45, 2.75) is 20.8 Å². The maximum absolute atomic E-state index is 12.1. The summed E-state index contributed by atoms with van der Waals surface area (Å²) in [6.45, 7) is 5.20. The number of nitro benzene ring substituents is 1. The van der Waals surface area contributed by atoms with Crippen LogP contribution in [-0.4, -0.2) is 29.8 Å². The number of Topliss-reactive ketones (excluding diaryl/α,β-unsaturated/α-hetero) is 1. The highest BCUT2D eigenvalue weighted by molar-refractivity contribution is 6.00. The van der Waals surface area contributed by atoms with Crippen molar-refractivity contribution in [1.82, 2.24) is 5.32 Å². The Morgan fingerprint density at radius 1 is 1.38 bits per heavy atom. The first-order valence-electron chi connectivity index (χ1n) is 6.59. The van der Waals surface area contributed by atoms with Gasteiger partial charge < -0.3 is 10.1 Å². The lowest BCUT2D eigenvalue weighted by Crippen LogP contribution is -2.31. The molecule has 0 bridgehead atoms. The molecule has 0 atom stereocenters. The molecule has 7 nitrogen and oxygen atoms in total. The van der Waals surface area contributed by atoms with Gasteiger partial charge in [-0.3, -0.25) is 19.7 Å². The van der Waals surface area contributed by atoms with Gasteiger partial charge in [-0.25, -0.2) is 0 Å². The number of carbonyl (C=O) groups excluding carboxylic acids is 2. The van der Waals surface area contributed by atoms with Gasteiger partial charge in [-0.15, -0.1) is 0 Å².